The van der Waals surface area contributed by atoms with Crippen molar-refractivity contribution < 1.29 is 9.32 Å². The van der Waals surface area contributed by atoms with Crippen molar-refractivity contribution in [3.63, 3.8) is 0 Å². The van der Waals surface area contributed by atoms with Crippen LogP contribution in [0.1, 0.15) is 49.7 Å². The van der Waals surface area contributed by atoms with Gasteiger partial charge in [0.1, 0.15) is 5.76 Å². The minimum Gasteiger partial charge on any atom is -0.361 e. The number of carbonyl (C=O) groups is 1. The van der Waals surface area contributed by atoms with Gasteiger partial charge in [-0.3, -0.25) is 4.79 Å². The first-order valence-corrected chi connectivity index (χ1v) is 7.02. The maximum absolute atomic E-state index is 12.5. The number of nitrogens with zero attached hydrogens (tertiary/aromatic N) is 2. The summed E-state index contributed by atoms with van der Waals surface area (Å²) in [5.41, 5.74) is 1.92. The number of rotatable bonds is 4. The standard InChI is InChI=1S/C14H23N3O2/c1-5-15-12-7-6-8-17(14(12)18)10(3)13-9(2)16-19-11(13)4/h10,12,15H,5-8H2,1-4H3. The van der Waals surface area contributed by atoms with Crippen LogP contribution < -0.4 is 5.32 Å². The molecule has 1 aliphatic heterocycles. The summed E-state index contributed by atoms with van der Waals surface area (Å²) in [5.74, 6) is 1.00. The third-order valence-corrected chi connectivity index (χ3v) is 3.90. The lowest BCUT2D eigenvalue weighted by Crippen LogP contribution is -2.51. The second-order valence-electron chi connectivity index (χ2n) is 5.20. The highest BCUT2D eigenvalue weighted by Crippen LogP contribution is 2.29. The highest BCUT2D eigenvalue weighted by atomic mass is 16.5. The Bertz CT molecular complexity index is 434. The molecule has 2 atom stereocenters. The largest absolute Gasteiger partial charge is 0.361 e. The van der Waals surface area contributed by atoms with Crippen molar-refractivity contribution in [1.29, 1.82) is 0 Å². The summed E-state index contributed by atoms with van der Waals surface area (Å²) in [4.78, 5) is 14.4. The van der Waals surface area contributed by atoms with E-state index in [1.54, 1.807) is 0 Å². The van der Waals surface area contributed by atoms with Crippen molar-refractivity contribution in [2.75, 3.05) is 13.1 Å². The van der Waals surface area contributed by atoms with E-state index in [4.69, 9.17) is 4.52 Å². The number of hydrogen-bond donors (Lipinski definition) is 1. The molecule has 1 aromatic heterocycles. The Hall–Kier alpha value is -1.36. The van der Waals surface area contributed by atoms with Crippen molar-refractivity contribution >= 4 is 5.91 Å². The lowest BCUT2D eigenvalue weighted by atomic mass is 9.99. The van der Waals surface area contributed by atoms with Crippen LogP contribution in [-0.2, 0) is 4.79 Å². The van der Waals surface area contributed by atoms with Crippen LogP contribution in [0.25, 0.3) is 0 Å². The van der Waals surface area contributed by atoms with Crippen LogP contribution in [0.4, 0.5) is 0 Å². The topological polar surface area (TPSA) is 58.4 Å². The molecule has 0 bridgehead atoms. The van der Waals surface area contributed by atoms with Gasteiger partial charge in [-0.05, 0) is 40.2 Å². The van der Waals surface area contributed by atoms with E-state index in [0.717, 1.165) is 42.9 Å². The van der Waals surface area contributed by atoms with Gasteiger partial charge in [-0.1, -0.05) is 12.1 Å². The molecule has 0 aromatic carbocycles. The quantitative estimate of drug-likeness (QED) is 0.904. The van der Waals surface area contributed by atoms with Crippen molar-refractivity contribution in [3.05, 3.63) is 17.0 Å². The number of amides is 1. The number of aryl methyl sites for hydroxylation is 2. The minimum absolute atomic E-state index is 0.0280. The van der Waals surface area contributed by atoms with Crippen LogP contribution in [0.15, 0.2) is 4.52 Å². The molecule has 1 N–H and O–H groups in total. The zero-order chi connectivity index (χ0) is 14.0. The number of hydrogen-bond acceptors (Lipinski definition) is 4. The van der Waals surface area contributed by atoms with Gasteiger partial charge in [0, 0.05) is 12.1 Å². The molecule has 0 saturated carbocycles. The summed E-state index contributed by atoms with van der Waals surface area (Å²) in [6.45, 7) is 9.55. The predicted octanol–water partition coefficient (Wildman–Crippen LogP) is 1.95. The number of likely N-dealkylation sites (N-methyl/N-ethyl adjacent to an activating group) is 1. The van der Waals surface area contributed by atoms with Crippen molar-refractivity contribution in [3.8, 4) is 0 Å². The Morgan fingerprint density at radius 1 is 1.53 bits per heavy atom. The fourth-order valence-corrected chi connectivity index (χ4v) is 2.96. The molecule has 1 aliphatic rings. The molecule has 0 aliphatic carbocycles. The molecule has 5 heteroatoms. The summed E-state index contributed by atoms with van der Waals surface area (Å²) in [5, 5.41) is 7.25. The van der Waals surface area contributed by atoms with Crippen LogP contribution in [0.5, 0.6) is 0 Å². The smallest absolute Gasteiger partial charge is 0.240 e. The Labute approximate surface area is 114 Å². The molecule has 19 heavy (non-hydrogen) atoms. The molecule has 0 spiro atoms. The number of aromatic nitrogens is 1. The van der Waals surface area contributed by atoms with E-state index in [1.807, 2.05) is 25.7 Å². The average molecular weight is 265 g/mol. The van der Waals surface area contributed by atoms with Crippen molar-refractivity contribution in [2.45, 2.75) is 52.6 Å². The highest BCUT2D eigenvalue weighted by Gasteiger charge is 2.33. The molecule has 2 heterocycles. The second kappa shape index (κ2) is 5.74. The molecular weight excluding hydrogens is 242 g/mol. The summed E-state index contributed by atoms with van der Waals surface area (Å²) in [6.07, 6.45) is 1.97. The number of carbonyl (C=O) groups excluding carboxylic acids is 1. The van der Waals surface area contributed by atoms with Crippen molar-refractivity contribution in [1.82, 2.24) is 15.4 Å². The molecule has 1 amide bonds. The summed E-state index contributed by atoms with van der Waals surface area (Å²) < 4.78 is 5.21. The van der Waals surface area contributed by atoms with Crippen LogP contribution >= 0.6 is 0 Å². The van der Waals surface area contributed by atoms with E-state index >= 15 is 0 Å². The van der Waals surface area contributed by atoms with E-state index in [2.05, 4.69) is 17.4 Å². The van der Waals surface area contributed by atoms with Gasteiger partial charge in [-0.15, -0.1) is 0 Å². The van der Waals surface area contributed by atoms with Gasteiger partial charge >= 0.3 is 0 Å². The fourth-order valence-electron chi connectivity index (χ4n) is 2.96. The predicted molar refractivity (Wildman–Crippen MR) is 72.8 cm³/mol. The number of likely N-dealkylation sites (tertiary alicyclic amines) is 1. The molecule has 1 aromatic rings. The molecular formula is C14H23N3O2. The third kappa shape index (κ3) is 2.66. The molecule has 2 rings (SSSR count). The van der Waals surface area contributed by atoms with Gasteiger partial charge in [-0.25, -0.2) is 0 Å². The molecule has 1 fully saturated rings. The highest BCUT2D eigenvalue weighted by molar-refractivity contribution is 5.83. The number of nitrogens with one attached hydrogen (secondary N) is 1. The van der Waals surface area contributed by atoms with E-state index in [9.17, 15) is 4.79 Å². The molecule has 106 valence electrons. The van der Waals surface area contributed by atoms with Gasteiger partial charge in [-0.2, -0.15) is 0 Å². The van der Waals surface area contributed by atoms with E-state index < -0.39 is 0 Å². The first-order chi connectivity index (χ1) is 9.06. The van der Waals surface area contributed by atoms with Crippen LogP contribution in [0, 0.1) is 13.8 Å². The second-order valence-corrected chi connectivity index (χ2v) is 5.20. The lowest BCUT2D eigenvalue weighted by Gasteiger charge is -2.36. The van der Waals surface area contributed by atoms with Gasteiger partial charge in [0.2, 0.25) is 5.91 Å². The van der Waals surface area contributed by atoms with Crippen LogP contribution in [0.3, 0.4) is 0 Å². The Balaban J connectivity index is 2.19. The van der Waals surface area contributed by atoms with E-state index in [0.29, 0.717) is 0 Å². The molecule has 0 radical (unpaired) electrons. The van der Waals surface area contributed by atoms with Crippen LogP contribution in [0.2, 0.25) is 0 Å². The summed E-state index contributed by atoms with van der Waals surface area (Å²) in [6, 6.07) is -0.0121. The molecule has 5 nitrogen and oxygen atoms in total. The SMILES string of the molecule is CCNC1CCCN(C(C)c2c(C)noc2C)C1=O. The zero-order valence-corrected chi connectivity index (χ0v) is 12.2. The van der Waals surface area contributed by atoms with Crippen LogP contribution in [-0.4, -0.2) is 35.1 Å². The van der Waals surface area contributed by atoms with Gasteiger partial charge in [0.25, 0.3) is 0 Å². The lowest BCUT2D eigenvalue weighted by molar-refractivity contribution is -0.138. The van der Waals surface area contributed by atoms with Gasteiger partial charge in [0.05, 0.1) is 17.8 Å². The Morgan fingerprint density at radius 3 is 2.84 bits per heavy atom. The van der Waals surface area contributed by atoms with Gasteiger partial charge < -0.3 is 14.7 Å². The third-order valence-electron chi connectivity index (χ3n) is 3.90. The summed E-state index contributed by atoms with van der Waals surface area (Å²) in [7, 11) is 0. The van der Waals surface area contributed by atoms with Crippen molar-refractivity contribution in [2.24, 2.45) is 0 Å². The monoisotopic (exact) mass is 265 g/mol. The Morgan fingerprint density at radius 2 is 2.26 bits per heavy atom. The zero-order valence-electron chi connectivity index (χ0n) is 12.2. The molecule has 2 unspecified atom stereocenters. The van der Waals surface area contributed by atoms with Gasteiger partial charge in [0.15, 0.2) is 0 Å². The number of piperidine rings is 1. The maximum atomic E-state index is 12.5. The first-order valence-electron chi connectivity index (χ1n) is 7.02. The first kappa shape index (κ1) is 14.1. The fraction of sp³-hybridized carbons (Fsp3) is 0.714. The Kier molecular flexibility index (Phi) is 4.24. The average Bonchev–Trinajstić information content (AvgIpc) is 2.71. The minimum atomic E-state index is -0.0401. The summed E-state index contributed by atoms with van der Waals surface area (Å²) >= 11 is 0. The molecule has 1 saturated heterocycles. The van der Waals surface area contributed by atoms with E-state index in [1.165, 1.54) is 0 Å². The van der Waals surface area contributed by atoms with E-state index in [-0.39, 0.29) is 18.0 Å². The normalized spacial score (nSPS) is 21.8. The maximum Gasteiger partial charge on any atom is 0.240 e.